The summed E-state index contributed by atoms with van der Waals surface area (Å²) in [4.78, 5) is 19.6. The molecule has 2 aromatic carbocycles. The molecule has 0 amide bonds. The number of thiazole rings is 1. The lowest BCUT2D eigenvalue weighted by molar-refractivity contribution is 0.362. The Bertz CT molecular complexity index is 1190. The Labute approximate surface area is 173 Å². The maximum atomic E-state index is 12.7. The van der Waals surface area contributed by atoms with Gasteiger partial charge in [-0.15, -0.1) is 11.3 Å². The molecule has 0 radical (unpaired) electrons. The summed E-state index contributed by atoms with van der Waals surface area (Å²) in [6.45, 7) is 1.06. The Morgan fingerprint density at radius 3 is 2.76 bits per heavy atom. The zero-order valence-corrected chi connectivity index (χ0v) is 17.4. The van der Waals surface area contributed by atoms with Gasteiger partial charge >= 0.3 is 5.63 Å². The van der Waals surface area contributed by atoms with E-state index in [1.54, 1.807) is 0 Å². The fourth-order valence-corrected chi connectivity index (χ4v) is 5.31. The first kappa shape index (κ1) is 18.4. The monoisotopic (exact) mass is 404 g/mol. The summed E-state index contributed by atoms with van der Waals surface area (Å²) < 4.78 is 6.78. The molecule has 0 aliphatic heterocycles. The van der Waals surface area contributed by atoms with Crippen LogP contribution in [-0.2, 0) is 0 Å². The number of nitrogens with zero attached hydrogens (tertiary/aromatic N) is 2. The summed E-state index contributed by atoms with van der Waals surface area (Å²) in [5.41, 5.74) is 2.84. The summed E-state index contributed by atoms with van der Waals surface area (Å²) >= 11 is 1.52. The van der Waals surface area contributed by atoms with Gasteiger partial charge in [0.05, 0.1) is 15.8 Å². The smallest absolute Gasteiger partial charge is 0.346 e. The second-order valence-electron chi connectivity index (χ2n) is 8.04. The normalized spacial score (nSPS) is 15.2. The molecule has 1 saturated carbocycles. The molecule has 1 aliphatic rings. The lowest BCUT2D eigenvalue weighted by Gasteiger charge is -2.28. The standard InChI is InChI=1S/C24H24N2O2S/c1-26(15-16-7-3-2-4-8-16)18-12-11-17-13-19(24(27)28-21(17)14-18)23-25-20-9-5-6-10-22(20)29-23/h5-6,9-14,16H,2-4,7-8,15H2,1H3. The van der Waals surface area contributed by atoms with E-state index in [0.717, 1.165) is 33.8 Å². The van der Waals surface area contributed by atoms with Crippen LogP contribution in [0.25, 0.3) is 31.8 Å². The van der Waals surface area contributed by atoms with Crippen LogP contribution in [0.4, 0.5) is 5.69 Å². The minimum Gasteiger partial charge on any atom is -0.422 e. The highest BCUT2D eigenvalue weighted by atomic mass is 32.1. The number of hydrogen-bond acceptors (Lipinski definition) is 5. The lowest BCUT2D eigenvalue weighted by Crippen LogP contribution is -2.26. The molecule has 5 heteroatoms. The molecule has 0 atom stereocenters. The number of aromatic nitrogens is 1. The fraction of sp³-hybridized carbons (Fsp3) is 0.333. The zero-order valence-electron chi connectivity index (χ0n) is 16.6. The van der Waals surface area contributed by atoms with Crippen LogP contribution in [0, 0.1) is 5.92 Å². The van der Waals surface area contributed by atoms with E-state index >= 15 is 0 Å². The van der Waals surface area contributed by atoms with Crippen LogP contribution in [-0.4, -0.2) is 18.6 Å². The third kappa shape index (κ3) is 3.67. The molecule has 5 rings (SSSR count). The van der Waals surface area contributed by atoms with Crippen molar-refractivity contribution in [3.05, 3.63) is 59.0 Å². The molecule has 4 aromatic rings. The fourth-order valence-electron chi connectivity index (χ4n) is 4.34. The Morgan fingerprint density at radius 1 is 1.10 bits per heavy atom. The molecular weight excluding hydrogens is 380 g/mol. The van der Waals surface area contributed by atoms with E-state index in [2.05, 4.69) is 23.0 Å². The van der Waals surface area contributed by atoms with Gasteiger partial charge in [0.15, 0.2) is 0 Å². The van der Waals surface area contributed by atoms with Crippen molar-refractivity contribution in [1.82, 2.24) is 4.98 Å². The van der Waals surface area contributed by atoms with E-state index in [4.69, 9.17) is 4.42 Å². The van der Waals surface area contributed by atoms with Crippen LogP contribution >= 0.6 is 11.3 Å². The summed E-state index contributed by atoms with van der Waals surface area (Å²) in [7, 11) is 2.13. The van der Waals surface area contributed by atoms with Gasteiger partial charge in [-0.25, -0.2) is 9.78 Å². The molecule has 4 nitrogen and oxygen atoms in total. The minimum absolute atomic E-state index is 0.330. The second-order valence-corrected chi connectivity index (χ2v) is 9.07. The molecule has 2 heterocycles. The highest BCUT2D eigenvalue weighted by Crippen LogP contribution is 2.31. The van der Waals surface area contributed by atoms with Gasteiger partial charge in [0, 0.05) is 30.7 Å². The quantitative estimate of drug-likeness (QED) is 0.386. The number of para-hydroxylation sites is 1. The van der Waals surface area contributed by atoms with Crippen LogP contribution in [0.1, 0.15) is 32.1 Å². The van der Waals surface area contributed by atoms with Crippen molar-refractivity contribution >= 4 is 38.2 Å². The largest absolute Gasteiger partial charge is 0.422 e. The predicted octanol–water partition coefficient (Wildman–Crippen LogP) is 6.09. The lowest BCUT2D eigenvalue weighted by atomic mass is 9.89. The van der Waals surface area contributed by atoms with Gasteiger partial charge in [0.25, 0.3) is 0 Å². The van der Waals surface area contributed by atoms with Gasteiger partial charge in [-0.1, -0.05) is 31.4 Å². The first-order chi connectivity index (χ1) is 14.2. The molecule has 0 N–H and O–H groups in total. The Kier molecular flexibility index (Phi) is 4.84. The summed E-state index contributed by atoms with van der Waals surface area (Å²) in [5, 5.41) is 1.63. The maximum Gasteiger partial charge on any atom is 0.346 e. The molecule has 29 heavy (non-hydrogen) atoms. The van der Waals surface area contributed by atoms with Crippen LogP contribution in [0.5, 0.6) is 0 Å². The Balaban J connectivity index is 1.46. The minimum atomic E-state index is -0.330. The van der Waals surface area contributed by atoms with Crippen molar-refractivity contribution in [2.75, 3.05) is 18.5 Å². The average molecular weight is 405 g/mol. The number of hydrogen-bond donors (Lipinski definition) is 0. The molecule has 1 aliphatic carbocycles. The van der Waals surface area contributed by atoms with Crippen molar-refractivity contribution in [1.29, 1.82) is 0 Å². The SMILES string of the molecule is CN(CC1CCCCC1)c1ccc2cc(-c3nc4ccccc4s3)c(=O)oc2c1. The van der Waals surface area contributed by atoms with Crippen molar-refractivity contribution in [2.45, 2.75) is 32.1 Å². The summed E-state index contributed by atoms with van der Waals surface area (Å²) in [5.74, 6) is 0.762. The topological polar surface area (TPSA) is 46.3 Å². The van der Waals surface area contributed by atoms with Crippen LogP contribution in [0.15, 0.2) is 57.7 Å². The number of rotatable bonds is 4. The molecule has 0 unspecified atom stereocenters. The summed E-state index contributed by atoms with van der Waals surface area (Å²) in [6, 6.07) is 16.0. The second kappa shape index (κ2) is 7.64. The van der Waals surface area contributed by atoms with E-state index in [1.807, 2.05) is 42.5 Å². The van der Waals surface area contributed by atoms with E-state index in [1.165, 1.54) is 43.4 Å². The first-order valence-electron chi connectivity index (χ1n) is 10.3. The van der Waals surface area contributed by atoms with Crippen LogP contribution in [0.3, 0.4) is 0 Å². The van der Waals surface area contributed by atoms with Gasteiger partial charge in [-0.2, -0.15) is 0 Å². The number of benzene rings is 2. The van der Waals surface area contributed by atoms with Gasteiger partial charge in [0.1, 0.15) is 10.6 Å². The molecular formula is C24H24N2O2S. The van der Waals surface area contributed by atoms with Crippen molar-refractivity contribution in [3.63, 3.8) is 0 Å². The van der Waals surface area contributed by atoms with Gasteiger partial charge < -0.3 is 9.32 Å². The average Bonchev–Trinajstić information content (AvgIpc) is 3.17. The van der Waals surface area contributed by atoms with Crippen molar-refractivity contribution in [3.8, 4) is 10.6 Å². The summed E-state index contributed by atoms with van der Waals surface area (Å²) in [6.07, 6.45) is 6.70. The van der Waals surface area contributed by atoms with E-state index in [-0.39, 0.29) is 5.63 Å². The number of anilines is 1. The third-order valence-corrected chi connectivity index (χ3v) is 7.01. The first-order valence-corrected chi connectivity index (χ1v) is 11.1. The van der Waals surface area contributed by atoms with Gasteiger partial charge in [-0.05, 0) is 49.1 Å². The van der Waals surface area contributed by atoms with Gasteiger partial charge in [-0.3, -0.25) is 0 Å². The van der Waals surface area contributed by atoms with E-state index in [0.29, 0.717) is 16.2 Å². The zero-order chi connectivity index (χ0) is 19.8. The molecule has 0 bridgehead atoms. The number of fused-ring (bicyclic) bond motifs is 2. The van der Waals surface area contributed by atoms with E-state index in [9.17, 15) is 4.79 Å². The Hall–Kier alpha value is -2.66. The Morgan fingerprint density at radius 2 is 1.93 bits per heavy atom. The van der Waals surface area contributed by atoms with Crippen molar-refractivity contribution < 1.29 is 4.42 Å². The molecule has 1 fully saturated rings. The van der Waals surface area contributed by atoms with Gasteiger partial charge in [0.2, 0.25) is 0 Å². The maximum absolute atomic E-state index is 12.7. The molecule has 0 saturated heterocycles. The molecule has 148 valence electrons. The van der Waals surface area contributed by atoms with E-state index < -0.39 is 0 Å². The molecule has 0 spiro atoms. The van der Waals surface area contributed by atoms with Crippen LogP contribution < -0.4 is 10.5 Å². The highest BCUT2D eigenvalue weighted by Gasteiger charge is 2.17. The van der Waals surface area contributed by atoms with Crippen molar-refractivity contribution in [2.24, 2.45) is 5.92 Å². The predicted molar refractivity (Wildman–Crippen MR) is 121 cm³/mol. The molecule has 2 aromatic heterocycles. The van der Waals surface area contributed by atoms with Crippen LogP contribution in [0.2, 0.25) is 0 Å². The third-order valence-electron chi connectivity index (χ3n) is 5.94. The highest BCUT2D eigenvalue weighted by molar-refractivity contribution is 7.21.